The van der Waals surface area contributed by atoms with Gasteiger partial charge in [0.05, 0.1) is 28.1 Å². The standard InChI is InChI=1S/C21H18N2O6S2/c1-14-6-7-17(31(25,26)22-11-16-4-2-8-27-16)10-18(14)21(24)29-13-15-12-28-20(23-15)19-5-3-9-30-19/h2-10,12,22H,11,13H2,1H3. The predicted molar refractivity (Wildman–Crippen MR) is 113 cm³/mol. The van der Waals surface area contributed by atoms with Crippen LogP contribution in [0, 0.1) is 6.92 Å². The molecule has 0 aliphatic rings. The Bertz CT molecular complexity index is 1280. The van der Waals surface area contributed by atoms with Gasteiger partial charge < -0.3 is 13.6 Å². The molecule has 31 heavy (non-hydrogen) atoms. The van der Waals surface area contributed by atoms with Crippen LogP contribution in [0.3, 0.4) is 0 Å². The summed E-state index contributed by atoms with van der Waals surface area (Å²) in [7, 11) is -3.84. The van der Waals surface area contributed by atoms with Crippen LogP contribution >= 0.6 is 11.3 Å². The van der Waals surface area contributed by atoms with Crippen molar-refractivity contribution >= 4 is 27.3 Å². The van der Waals surface area contributed by atoms with Gasteiger partial charge in [0.15, 0.2) is 0 Å². The second kappa shape index (κ2) is 8.88. The topological polar surface area (TPSA) is 112 Å². The molecule has 0 bridgehead atoms. The zero-order chi connectivity index (χ0) is 21.8. The van der Waals surface area contributed by atoms with E-state index in [0.29, 0.717) is 22.9 Å². The maximum Gasteiger partial charge on any atom is 0.338 e. The maximum atomic E-state index is 12.6. The molecule has 0 fully saturated rings. The van der Waals surface area contributed by atoms with Gasteiger partial charge >= 0.3 is 5.97 Å². The first-order valence-corrected chi connectivity index (χ1v) is 11.6. The number of aryl methyl sites for hydroxylation is 1. The van der Waals surface area contributed by atoms with Gasteiger partial charge in [-0.1, -0.05) is 12.1 Å². The second-order valence-electron chi connectivity index (χ2n) is 6.58. The van der Waals surface area contributed by atoms with Crippen molar-refractivity contribution in [1.29, 1.82) is 0 Å². The van der Waals surface area contributed by atoms with E-state index < -0.39 is 16.0 Å². The van der Waals surface area contributed by atoms with E-state index in [4.69, 9.17) is 13.6 Å². The minimum Gasteiger partial charge on any atom is -0.468 e. The molecule has 8 nitrogen and oxygen atoms in total. The Labute approximate surface area is 182 Å². The minimum atomic E-state index is -3.84. The first kappa shape index (κ1) is 21.0. The minimum absolute atomic E-state index is 0.00171. The molecule has 10 heteroatoms. The molecule has 0 spiro atoms. The number of ether oxygens (including phenoxy) is 1. The summed E-state index contributed by atoms with van der Waals surface area (Å²) in [5, 5.41) is 1.91. The van der Waals surface area contributed by atoms with Crippen molar-refractivity contribution in [1.82, 2.24) is 9.71 Å². The highest BCUT2D eigenvalue weighted by molar-refractivity contribution is 7.89. The molecule has 3 aromatic heterocycles. The summed E-state index contributed by atoms with van der Waals surface area (Å²) in [5.74, 6) is 0.277. The van der Waals surface area contributed by atoms with Crippen LogP contribution < -0.4 is 4.72 Å². The molecule has 3 heterocycles. The maximum absolute atomic E-state index is 12.6. The highest BCUT2D eigenvalue weighted by Crippen LogP contribution is 2.24. The first-order chi connectivity index (χ1) is 14.9. The van der Waals surface area contributed by atoms with Gasteiger partial charge in [0.2, 0.25) is 15.9 Å². The summed E-state index contributed by atoms with van der Waals surface area (Å²) in [4.78, 5) is 17.7. The SMILES string of the molecule is Cc1ccc(S(=O)(=O)NCc2ccco2)cc1C(=O)OCc1coc(-c2cccs2)n1. The van der Waals surface area contributed by atoms with Gasteiger partial charge in [0, 0.05) is 0 Å². The van der Waals surface area contributed by atoms with Crippen LogP contribution in [0.5, 0.6) is 0 Å². The van der Waals surface area contributed by atoms with Gasteiger partial charge in [-0.05, 0) is 48.2 Å². The quantitative estimate of drug-likeness (QED) is 0.395. The van der Waals surface area contributed by atoms with E-state index in [-0.39, 0.29) is 23.6 Å². The first-order valence-electron chi connectivity index (χ1n) is 9.20. The molecule has 0 aliphatic carbocycles. The van der Waals surface area contributed by atoms with E-state index in [1.807, 2.05) is 17.5 Å². The molecule has 4 rings (SSSR count). The molecule has 1 aromatic carbocycles. The number of carbonyl (C=O) groups is 1. The van der Waals surface area contributed by atoms with E-state index in [0.717, 1.165) is 4.88 Å². The summed E-state index contributed by atoms with van der Waals surface area (Å²) in [6.07, 6.45) is 2.89. The lowest BCUT2D eigenvalue weighted by atomic mass is 10.1. The van der Waals surface area contributed by atoms with Crippen molar-refractivity contribution in [2.45, 2.75) is 25.0 Å². The number of oxazole rings is 1. The van der Waals surface area contributed by atoms with Gasteiger partial charge in [-0.2, -0.15) is 0 Å². The number of benzene rings is 1. The van der Waals surface area contributed by atoms with Crippen molar-refractivity contribution in [3.8, 4) is 10.8 Å². The average molecular weight is 459 g/mol. The Morgan fingerprint density at radius 1 is 1.19 bits per heavy atom. The number of nitrogens with zero attached hydrogens (tertiary/aromatic N) is 1. The number of sulfonamides is 1. The Hall–Kier alpha value is -3.21. The normalized spacial score (nSPS) is 11.5. The number of thiophene rings is 1. The molecular formula is C21H18N2O6S2. The van der Waals surface area contributed by atoms with E-state index in [1.54, 1.807) is 25.1 Å². The fraction of sp³-hybridized carbons (Fsp3) is 0.143. The zero-order valence-electron chi connectivity index (χ0n) is 16.4. The summed E-state index contributed by atoms with van der Waals surface area (Å²) < 4.78 is 43.5. The fourth-order valence-electron chi connectivity index (χ4n) is 2.75. The van der Waals surface area contributed by atoms with Gasteiger partial charge in [-0.25, -0.2) is 22.9 Å². The Morgan fingerprint density at radius 3 is 2.81 bits per heavy atom. The number of hydrogen-bond acceptors (Lipinski definition) is 8. The fourth-order valence-corrected chi connectivity index (χ4v) is 4.43. The number of nitrogens with one attached hydrogen (secondary N) is 1. The van der Waals surface area contributed by atoms with Crippen LogP contribution in [-0.4, -0.2) is 19.4 Å². The van der Waals surface area contributed by atoms with Crippen LogP contribution in [-0.2, 0) is 27.9 Å². The number of aromatic nitrogens is 1. The predicted octanol–water partition coefficient (Wildman–Crippen LogP) is 4.14. The zero-order valence-corrected chi connectivity index (χ0v) is 18.0. The van der Waals surface area contributed by atoms with E-state index >= 15 is 0 Å². The van der Waals surface area contributed by atoms with Crippen LogP contribution in [0.15, 0.2) is 74.1 Å². The Kier molecular flexibility index (Phi) is 6.03. The summed E-state index contributed by atoms with van der Waals surface area (Å²) in [6.45, 7) is 1.61. The summed E-state index contributed by atoms with van der Waals surface area (Å²) in [5.41, 5.74) is 1.20. The van der Waals surface area contributed by atoms with E-state index in [9.17, 15) is 13.2 Å². The third-order valence-corrected chi connectivity index (χ3v) is 6.65. The van der Waals surface area contributed by atoms with E-state index in [1.165, 1.54) is 36.0 Å². The average Bonchev–Trinajstić information content (AvgIpc) is 3.53. The Balaban J connectivity index is 1.44. The number of hydrogen-bond donors (Lipinski definition) is 1. The molecule has 0 saturated heterocycles. The van der Waals surface area contributed by atoms with Crippen molar-refractivity contribution in [3.63, 3.8) is 0 Å². The number of furan rings is 1. The lowest BCUT2D eigenvalue weighted by Gasteiger charge is -2.10. The smallest absolute Gasteiger partial charge is 0.338 e. The molecule has 0 radical (unpaired) electrons. The molecule has 1 N–H and O–H groups in total. The summed E-state index contributed by atoms with van der Waals surface area (Å²) >= 11 is 1.49. The van der Waals surface area contributed by atoms with Gasteiger partial charge in [0.25, 0.3) is 0 Å². The van der Waals surface area contributed by atoms with Gasteiger partial charge in [-0.3, -0.25) is 0 Å². The number of rotatable bonds is 8. The molecule has 0 saturated carbocycles. The molecule has 160 valence electrons. The lowest BCUT2D eigenvalue weighted by Crippen LogP contribution is -2.23. The highest BCUT2D eigenvalue weighted by Gasteiger charge is 2.20. The lowest BCUT2D eigenvalue weighted by molar-refractivity contribution is 0.0466. The molecule has 4 aromatic rings. The third-order valence-electron chi connectivity index (χ3n) is 4.39. The molecule has 0 unspecified atom stereocenters. The van der Waals surface area contributed by atoms with E-state index in [2.05, 4.69) is 9.71 Å². The van der Waals surface area contributed by atoms with Crippen molar-refractivity contribution in [2.24, 2.45) is 0 Å². The molecule has 0 amide bonds. The van der Waals surface area contributed by atoms with Gasteiger partial charge in [0.1, 0.15) is 24.3 Å². The summed E-state index contributed by atoms with van der Waals surface area (Å²) in [6, 6.07) is 11.4. The molecule has 0 aliphatic heterocycles. The van der Waals surface area contributed by atoms with Crippen LogP contribution in [0.1, 0.15) is 27.4 Å². The van der Waals surface area contributed by atoms with Gasteiger partial charge in [-0.15, -0.1) is 11.3 Å². The highest BCUT2D eigenvalue weighted by atomic mass is 32.2. The number of carbonyl (C=O) groups excluding carboxylic acids is 1. The second-order valence-corrected chi connectivity index (χ2v) is 9.29. The van der Waals surface area contributed by atoms with Crippen LogP contribution in [0.2, 0.25) is 0 Å². The van der Waals surface area contributed by atoms with Crippen molar-refractivity contribution < 1.29 is 26.8 Å². The van der Waals surface area contributed by atoms with Crippen molar-refractivity contribution in [3.05, 3.63) is 83.0 Å². The largest absolute Gasteiger partial charge is 0.468 e. The Morgan fingerprint density at radius 2 is 2.06 bits per heavy atom. The molecular weight excluding hydrogens is 440 g/mol. The number of esters is 1. The molecule has 0 atom stereocenters. The van der Waals surface area contributed by atoms with Crippen LogP contribution in [0.25, 0.3) is 10.8 Å². The van der Waals surface area contributed by atoms with Crippen molar-refractivity contribution in [2.75, 3.05) is 0 Å². The third kappa shape index (κ3) is 4.93. The monoisotopic (exact) mass is 458 g/mol. The van der Waals surface area contributed by atoms with Crippen LogP contribution in [0.4, 0.5) is 0 Å².